The Hall–Kier alpha value is -1.75. The van der Waals surface area contributed by atoms with E-state index in [1.54, 1.807) is 10.9 Å². The van der Waals surface area contributed by atoms with E-state index in [9.17, 15) is 8.78 Å². The van der Waals surface area contributed by atoms with Gasteiger partial charge in [-0.05, 0) is 25.6 Å². The standard InChI is InChI=1S/C14H17F2N3/c1-3-14(17-2)10-7-18-19(8-10)9-11-12(15)5-4-6-13(11)16/h4-8,14,17H,3,9H2,1-2H3. The lowest BCUT2D eigenvalue weighted by Gasteiger charge is -2.10. The first-order valence-electron chi connectivity index (χ1n) is 6.28. The van der Waals surface area contributed by atoms with Crippen LogP contribution in [-0.2, 0) is 6.54 Å². The molecular formula is C14H17F2N3. The number of nitrogens with zero attached hydrogens (tertiary/aromatic N) is 2. The number of nitrogens with one attached hydrogen (secondary N) is 1. The molecule has 0 amide bonds. The van der Waals surface area contributed by atoms with Crippen LogP contribution in [-0.4, -0.2) is 16.8 Å². The van der Waals surface area contributed by atoms with Gasteiger partial charge in [0.1, 0.15) is 11.6 Å². The molecule has 0 spiro atoms. The second-order valence-electron chi connectivity index (χ2n) is 4.42. The molecule has 1 aromatic carbocycles. The second kappa shape index (κ2) is 5.93. The van der Waals surface area contributed by atoms with Gasteiger partial charge in [0, 0.05) is 23.4 Å². The van der Waals surface area contributed by atoms with Gasteiger partial charge < -0.3 is 5.32 Å². The lowest BCUT2D eigenvalue weighted by atomic mass is 10.1. The molecule has 0 saturated carbocycles. The fourth-order valence-corrected chi connectivity index (χ4v) is 2.10. The molecule has 0 aliphatic rings. The molecule has 0 fully saturated rings. The van der Waals surface area contributed by atoms with E-state index >= 15 is 0 Å². The van der Waals surface area contributed by atoms with Gasteiger partial charge >= 0.3 is 0 Å². The normalized spacial score (nSPS) is 12.6. The third kappa shape index (κ3) is 2.98. The summed E-state index contributed by atoms with van der Waals surface area (Å²) >= 11 is 0. The van der Waals surface area contributed by atoms with Crippen molar-refractivity contribution >= 4 is 0 Å². The molecule has 1 atom stereocenters. The second-order valence-corrected chi connectivity index (χ2v) is 4.42. The fourth-order valence-electron chi connectivity index (χ4n) is 2.10. The zero-order chi connectivity index (χ0) is 13.8. The average molecular weight is 265 g/mol. The van der Waals surface area contributed by atoms with Crippen molar-refractivity contribution in [3.05, 3.63) is 53.4 Å². The van der Waals surface area contributed by atoms with Crippen molar-refractivity contribution in [3.8, 4) is 0 Å². The molecule has 0 saturated heterocycles. The van der Waals surface area contributed by atoms with Gasteiger partial charge in [-0.1, -0.05) is 13.0 Å². The molecule has 0 radical (unpaired) electrons. The smallest absolute Gasteiger partial charge is 0.131 e. The van der Waals surface area contributed by atoms with Gasteiger partial charge in [-0.3, -0.25) is 4.68 Å². The molecule has 2 rings (SSSR count). The minimum atomic E-state index is -0.544. The zero-order valence-electron chi connectivity index (χ0n) is 11.0. The van der Waals surface area contributed by atoms with Crippen molar-refractivity contribution in [2.45, 2.75) is 25.9 Å². The van der Waals surface area contributed by atoms with Crippen molar-refractivity contribution in [1.29, 1.82) is 0 Å². The summed E-state index contributed by atoms with van der Waals surface area (Å²) in [6, 6.07) is 4.08. The Morgan fingerprint density at radius 2 is 2.00 bits per heavy atom. The molecule has 0 aliphatic heterocycles. The zero-order valence-corrected chi connectivity index (χ0v) is 11.0. The molecular weight excluding hydrogens is 248 g/mol. The van der Waals surface area contributed by atoms with Crippen LogP contribution in [0.25, 0.3) is 0 Å². The largest absolute Gasteiger partial charge is 0.313 e. The number of benzene rings is 1. The summed E-state index contributed by atoms with van der Waals surface area (Å²) in [4.78, 5) is 0. The topological polar surface area (TPSA) is 29.9 Å². The number of halogens is 2. The van der Waals surface area contributed by atoms with E-state index in [0.29, 0.717) is 0 Å². The maximum absolute atomic E-state index is 13.5. The highest BCUT2D eigenvalue weighted by Crippen LogP contribution is 2.17. The molecule has 0 aliphatic carbocycles. The van der Waals surface area contributed by atoms with Crippen molar-refractivity contribution < 1.29 is 8.78 Å². The van der Waals surface area contributed by atoms with Crippen LogP contribution in [0.4, 0.5) is 8.78 Å². The lowest BCUT2D eigenvalue weighted by molar-refractivity contribution is 0.532. The van der Waals surface area contributed by atoms with Gasteiger partial charge in [-0.2, -0.15) is 5.10 Å². The van der Waals surface area contributed by atoms with Crippen LogP contribution in [0.3, 0.4) is 0 Å². The van der Waals surface area contributed by atoms with Crippen LogP contribution in [0, 0.1) is 11.6 Å². The van der Waals surface area contributed by atoms with E-state index in [4.69, 9.17) is 0 Å². The molecule has 1 unspecified atom stereocenters. The van der Waals surface area contributed by atoms with Crippen molar-refractivity contribution in [2.24, 2.45) is 0 Å². The van der Waals surface area contributed by atoms with Crippen LogP contribution in [0.1, 0.15) is 30.5 Å². The highest BCUT2D eigenvalue weighted by molar-refractivity contribution is 5.20. The Balaban J connectivity index is 2.20. The van der Waals surface area contributed by atoms with Gasteiger partial charge in [-0.25, -0.2) is 8.78 Å². The minimum Gasteiger partial charge on any atom is -0.313 e. The molecule has 19 heavy (non-hydrogen) atoms. The minimum absolute atomic E-state index is 0.0367. The summed E-state index contributed by atoms with van der Waals surface area (Å²) in [5, 5.41) is 7.32. The number of hydrogen-bond donors (Lipinski definition) is 1. The number of aromatic nitrogens is 2. The van der Waals surface area contributed by atoms with Crippen molar-refractivity contribution in [1.82, 2.24) is 15.1 Å². The fraction of sp³-hybridized carbons (Fsp3) is 0.357. The first-order chi connectivity index (χ1) is 9.15. The molecule has 3 nitrogen and oxygen atoms in total. The Bertz CT molecular complexity index is 527. The van der Waals surface area contributed by atoms with Crippen molar-refractivity contribution in [2.75, 3.05) is 7.05 Å². The van der Waals surface area contributed by atoms with E-state index in [-0.39, 0.29) is 18.2 Å². The molecule has 2 aromatic rings. The van der Waals surface area contributed by atoms with Crippen LogP contribution in [0.2, 0.25) is 0 Å². The summed E-state index contributed by atoms with van der Waals surface area (Å²) in [6.45, 7) is 2.16. The van der Waals surface area contributed by atoms with Crippen LogP contribution < -0.4 is 5.32 Å². The SMILES string of the molecule is CCC(NC)c1cnn(Cc2c(F)cccc2F)c1. The summed E-state index contributed by atoms with van der Waals surface area (Å²) in [6.07, 6.45) is 4.47. The first-order valence-corrected chi connectivity index (χ1v) is 6.28. The summed E-state index contributed by atoms with van der Waals surface area (Å²) in [5.74, 6) is -1.09. The molecule has 1 N–H and O–H groups in total. The Morgan fingerprint density at radius 1 is 1.32 bits per heavy atom. The van der Waals surface area contributed by atoms with E-state index < -0.39 is 11.6 Å². The van der Waals surface area contributed by atoms with E-state index in [0.717, 1.165) is 12.0 Å². The summed E-state index contributed by atoms with van der Waals surface area (Å²) in [7, 11) is 1.88. The van der Waals surface area contributed by atoms with E-state index in [1.807, 2.05) is 13.2 Å². The maximum atomic E-state index is 13.5. The third-order valence-electron chi connectivity index (χ3n) is 3.19. The average Bonchev–Trinajstić information content (AvgIpc) is 2.84. The third-order valence-corrected chi connectivity index (χ3v) is 3.19. The quantitative estimate of drug-likeness (QED) is 0.901. The predicted octanol–water partition coefficient (Wildman–Crippen LogP) is 2.88. The molecule has 1 aromatic heterocycles. The van der Waals surface area contributed by atoms with E-state index in [1.165, 1.54) is 18.2 Å². The van der Waals surface area contributed by atoms with Gasteiger partial charge in [0.2, 0.25) is 0 Å². The van der Waals surface area contributed by atoms with Gasteiger partial charge in [0.15, 0.2) is 0 Å². The van der Waals surface area contributed by atoms with Crippen LogP contribution >= 0.6 is 0 Å². The Labute approximate surface area is 111 Å². The first kappa shape index (κ1) is 13.7. The summed E-state index contributed by atoms with van der Waals surface area (Å²) in [5.41, 5.74) is 1.05. The Kier molecular flexibility index (Phi) is 4.27. The number of rotatable bonds is 5. The van der Waals surface area contributed by atoms with Crippen LogP contribution in [0.5, 0.6) is 0 Å². The van der Waals surface area contributed by atoms with Gasteiger partial charge in [0.25, 0.3) is 0 Å². The molecule has 102 valence electrons. The molecule has 0 bridgehead atoms. The highest BCUT2D eigenvalue weighted by Gasteiger charge is 2.12. The summed E-state index contributed by atoms with van der Waals surface area (Å²) < 4.78 is 28.6. The molecule has 5 heteroatoms. The lowest BCUT2D eigenvalue weighted by Crippen LogP contribution is -2.14. The van der Waals surface area contributed by atoms with E-state index in [2.05, 4.69) is 17.3 Å². The van der Waals surface area contributed by atoms with Gasteiger partial charge in [0.05, 0.1) is 12.7 Å². The molecule has 1 heterocycles. The predicted molar refractivity (Wildman–Crippen MR) is 69.8 cm³/mol. The van der Waals surface area contributed by atoms with Gasteiger partial charge in [-0.15, -0.1) is 0 Å². The Morgan fingerprint density at radius 3 is 2.58 bits per heavy atom. The number of hydrogen-bond acceptors (Lipinski definition) is 2. The van der Waals surface area contributed by atoms with Crippen molar-refractivity contribution in [3.63, 3.8) is 0 Å². The highest BCUT2D eigenvalue weighted by atomic mass is 19.1. The van der Waals surface area contributed by atoms with Crippen LogP contribution in [0.15, 0.2) is 30.6 Å². The maximum Gasteiger partial charge on any atom is 0.131 e. The monoisotopic (exact) mass is 265 g/mol.